The van der Waals surface area contributed by atoms with Gasteiger partial charge in [-0.05, 0) is 43.7 Å². The number of nitrogens with one attached hydrogen (secondary N) is 1. The van der Waals surface area contributed by atoms with E-state index in [-0.39, 0.29) is 18.0 Å². The average molecular weight is 410 g/mol. The molecule has 1 aliphatic heterocycles. The zero-order valence-electron chi connectivity index (χ0n) is 17.5. The van der Waals surface area contributed by atoms with E-state index in [1.165, 1.54) is 12.1 Å². The smallest absolute Gasteiger partial charge is 0.194 e. The lowest BCUT2D eigenvalue weighted by Gasteiger charge is -2.38. The molecule has 3 heterocycles. The van der Waals surface area contributed by atoms with Crippen LogP contribution in [0.1, 0.15) is 31.2 Å². The number of imidazole rings is 1. The topological polar surface area (TPSA) is 54.2 Å². The molecule has 1 fully saturated rings. The van der Waals surface area contributed by atoms with Gasteiger partial charge in [-0.1, -0.05) is 18.2 Å². The van der Waals surface area contributed by atoms with Crippen LogP contribution >= 0.6 is 0 Å². The van der Waals surface area contributed by atoms with Crippen molar-refractivity contribution in [1.29, 1.82) is 0 Å². The van der Waals surface area contributed by atoms with Crippen LogP contribution in [0.4, 0.5) is 4.39 Å². The number of halogens is 1. The minimum atomic E-state index is -0.235. The minimum absolute atomic E-state index is 0.0519. The van der Waals surface area contributed by atoms with Gasteiger partial charge in [0.25, 0.3) is 0 Å². The largest absolute Gasteiger partial charge is 0.367 e. The van der Waals surface area contributed by atoms with Gasteiger partial charge in [-0.15, -0.1) is 0 Å². The van der Waals surface area contributed by atoms with Crippen molar-refractivity contribution in [2.45, 2.75) is 32.5 Å². The average Bonchev–Trinajstić information content (AvgIpc) is 3.16. The third kappa shape index (κ3) is 4.79. The number of fused-ring (bicyclic) bond motifs is 1. The van der Waals surface area contributed by atoms with Gasteiger partial charge in [0.2, 0.25) is 0 Å². The molecule has 2 aromatic heterocycles. The third-order valence-corrected chi connectivity index (χ3v) is 5.18. The summed E-state index contributed by atoms with van der Waals surface area (Å²) >= 11 is 0. The van der Waals surface area contributed by atoms with Crippen molar-refractivity contribution in [2.75, 3.05) is 26.2 Å². The molecule has 0 bridgehead atoms. The second-order valence-electron chi connectivity index (χ2n) is 7.58. The highest BCUT2D eigenvalue weighted by Gasteiger charge is 2.28. The Hall–Kier alpha value is -2.93. The fraction of sp³-hybridized carbons (Fsp3) is 0.391. The molecule has 158 valence electrons. The van der Waals surface area contributed by atoms with E-state index in [4.69, 9.17) is 9.73 Å². The Balaban J connectivity index is 1.45. The van der Waals surface area contributed by atoms with Gasteiger partial charge in [-0.3, -0.25) is 4.99 Å². The lowest BCUT2D eigenvalue weighted by molar-refractivity contribution is -0.0605. The molecule has 2 atom stereocenters. The van der Waals surface area contributed by atoms with Crippen LogP contribution in [0.2, 0.25) is 0 Å². The van der Waals surface area contributed by atoms with E-state index in [1.54, 1.807) is 12.1 Å². The van der Waals surface area contributed by atoms with Crippen molar-refractivity contribution in [3.05, 3.63) is 71.9 Å². The molecule has 0 aliphatic carbocycles. The molecule has 4 rings (SSSR count). The number of guanidine groups is 1. The Kier molecular flexibility index (Phi) is 6.28. The van der Waals surface area contributed by atoms with Gasteiger partial charge in [0, 0.05) is 38.4 Å². The van der Waals surface area contributed by atoms with Crippen LogP contribution in [-0.4, -0.2) is 52.5 Å². The second kappa shape index (κ2) is 9.26. The lowest BCUT2D eigenvalue weighted by Crippen LogP contribution is -2.50. The van der Waals surface area contributed by atoms with E-state index >= 15 is 0 Å². The highest BCUT2D eigenvalue weighted by atomic mass is 19.1. The van der Waals surface area contributed by atoms with Crippen LogP contribution in [0.15, 0.2) is 59.9 Å². The molecule has 1 aromatic carbocycles. The highest BCUT2D eigenvalue weighted by molar-refractivity contribution is 5.80. The molecule has 0 radical (unpaired) electrons. The lowest BCUT2D eigenvalue weighted by atomic mass is 10.1. The van der Waals surface area contributed by atoms with Crippen molar-refractivity contribution >= 4 is 11.6 Å². The number of aromatic nitrogens is 2. The first-order valence-corrected chi connectivity index (χ1v) is 10.5. The summed E-state index contributed by atoms with van der Waals surface area (Å²) in [6.45, 7) is 7.01. The highest BCUT2D eigenvalue weighted by Crippen LogP contribution is 2.25. The Morgan fingerprint density at radius 3 is 2.83 bits per heavy atom. The van der Waals surface area contributed by atoms with Gasteiger partial charge in [-0.2, -0.15) is 0 Å². The molecule has 7 heteroatoms. The summed E-state index contributed by atoms with van der Waals surface area (Å²) in [7, 11) is 0. The molecule has 6 nitrogen and oxygen atoms in total. The van der Waals surface area contributed by atoms with Crippen molar-refractivity contribution in [3.63, 3.8) is 0 Å². The van der Waals surface area contributed by atoms with Crippen LogP contribution in [0.5, 0.6) is 0 Å². The Bertz CT molecular complexity index is 967. The SMILES string of the molecule is CCNC(=NCCc1cn2ccccc2n1)N1CC(C)OC(c2ccc(F)cc2)C1. The molecule has 1 saturated heterocycles. The normalized spacial score (nSPS) is 20.0. The quantitative estimate of drug-likeness (QED) is 0.518. The van der Waals surface area contributed by atoms with E-state index in [0.29, 0.717) is 13.1 Å². The molecule has 3 aromatic rings. The van der Waals surface area contributed by atoms with Crippen LogP contribution in [0.3, 0.4) is 0 Å². The first-order chi connectivity index (χ1) is 14.6. The van der Waals surface area contributed by atoms with E-state index < -0.39 is 0 Å². The Morgan fingerprint density at radius 1 is 1.23 bits per heavy atom. The van der Waals surface area contributed by atoms with Crippen molar-refractivity contribution in [1.82, 2.24) is 19.6 Å². The maximum Gasteiger partial charge on any atom is 0.194 e. The fourth-order valence-electron chi connectivity index (χ4n) is 3.80. The zero-order valence-corrected chi connectivity index (χ0v) is 17.5. The molecule has 30 heavy (non-hydrogen) atoms. The van der Waals surface area contributed by atoms with Crippen molar-refractivity contribution in [2.24, 2.45) is 4.99 Å². The van der Waals surface area contributed by atoms with Crippen molar-refractivity contribution < 1.29 is 9.13 Å². The number of benzene rings is 1. The summed E-state index contributed by atoms with van der Waals surface area (Å²) in [5.74, 6) is 0.643. The molecule has 2 unspecified atom stereocenters. The molecule has 0 spiro atoms. The standard InChI is InChI=1S/C23H28FN5O/c1-3-25-23(26-12-11-20-15-28-13-5-4-6-22(28)27-20)29-14-17(2)30-21(16-29)18-7-9-19(24)10-8-18/h4-10,13,15,17,21H,3,11-12,14,16H2,1-2H3,(H,25,26). The fourth-order valence-corrected chi connectivity index (χ4v) is 3.80. The van der Waals surface area contributed by atoms with Crippen LogP contribution in [0.25, 0.3) is 5.65 Å². The van der Waals surface area contributed by atoms with Crippen LogP contribution in [0, 0.1) is 5.82 Å². The maximum atomic E-state index is 13.3. The van der Waals surface area contributed by atoms with Crippen molar-refractivity contribution in [3.8, 4) is 0 Å². The van der Waals surface area contributed by atoms with E-state index in [1.807, 2.05) is 28.8 Å². The molecule has 1 N–H and O–H groups in total. The summed E-state index contributed by atoms with van der Waals surface area (Å²) in [4.78, 5) is 11.7. The number of rotatable bonds is 5. The number of pyridine rings is 1. The monoisotopic (exact) mass is 409 g/mol. The Morgan fingerprint density at radius 2 is 2.07 bits per heavy atom. The van der Waals surface area contributed by atoms with Gasteiger partial charge in [0.1, 0.15) is 17.6 Å². The summed E-state index contributed by atoms with van der Waals surface area (Å²) in [5.41, 5.74) is 2.96. The molecular weight excluding hydrogens is 381 g/mol. The van der Waals surface area contributed by atoms with Gasteiger partial charge < -0.3 is 19.4 Å². The van der Waals surface area contributed by atoms with Crippen LogP contribution in [-0.2, 0) is 11.2 Å². The third-order valence-electron chi connectivity index (χ3n) is 5.18. The van der Waals surface area contributed by atoms with Crippen LogP contribution < -0.4 is 5.32 Å². The number of ether oxygens (including phenoxy) is 1. The summed E-state index contributed by atoms with van der Waals surface area (Å²) in [6, 6.07) is 12.5. The summed E-state index contributed by atoms with van der Waals surface area (Å²) in [6.07, 6.45) is 4.77. The molecule has 0 amide bonds. The molecular formula is C23H28FN5O. The Labute approximate surface area is 176 Å². The maximum absolute atomic E-state index is 13.3. The number of aliphatic imine (C=N–C) groups is 1. The summed E-state index contributed by atoms with van der Waals surface area (Å²) < 4.78 is 21.4. The van der Waals surface area contributed by atoms with Gasteiger partial charge in [0.15, 0.2) is 5.96 Å². The number of morpholine rings is 1. The molecule has 0 saturated carbocycles. The predicted molar refractivity (Wildman–Crippen MR) is 116 cm³/mol. The molecule has 1 aliphatic rings. The van der Waals surface area contributed by atoms with Gasteiger partial charge in [-0.25, -0.2) is 9.37 Å². The number of hydrogen-bond donors (Lipinski definition) is 1. The predicted octanol–water partition coefficient (Wildman–Crippen LogP) is 3.44. The van der Waals surface area contributed by atoms with E-state index in [2.05, 4.69) is 35.2 Å². The first-order valence-electron chi connectivity index (χ1n) is 10.5. The number of hydrogen-bond acceptors (Lipinski definition) is 3. The second-order valence-corrected chi connectivity index (χ2v) is 7.58. The summed E-state index contributed by atoms with van der Waals surface area (Å²) in [5, 5.41) is 3.40. The number of nitrogens with zero attached hydrogens (tertiary/aromatic N) is 4. The van der Waals surface area contributed by atoms with E-state index in [9.17, 15) is 4.39 Å². The van der Waals surface area contributed by atoms with Gasteiger partial charge >= 0.3 is 0 Å². The first kappa shape index (κ1) is 20.3. The zero-order chi connectivity index (χ0) is 20.9. The van der Waals surface area contributed by atoms with Gasteiger partial charge in [0.05, 0.1) is 18.3 Å². The van der Waals surface area contributed by atoms with E-state index in [0.717, 1.165) is 42.4 Å². The minimum Gasteiger partial charge on any atom is -0.367 e.